The minimum Gasteiger partial charge on any atom is -0.466 e. The van der Waals surface area contributed by atoms with Crippen LogP contribution in [0.5, 0.6) is 0 Å². The van der Waals surface area contributed by atoms with E-state index in [1.165, 1.54) is 6.92 Å². The molecule has 0 unspecified atom stereocenters. The maximum Gasteiger partial charge on any atom is 0.302 e. The molecule has 1 saturated carbocycles. The smallest absolute Gasteiger partial charge is 0.302 e. The van der Waals surface area contributed by atoms with Crippen molar-refractivity contribution in [3.05, 3.63) is 0 Å². The molecule has 1 aliphatic carbocycles. The van der Waals surface area contributed by atoms with Crippen LogP contribution in [0.4, 0.5) is 0 Å². The molecule has 2 rings (SSSR count). The van der Waals surface area contributed by atoms with Crippen molar-refractivity contribution in [3.63, 3.8) is 0 Å². The van der Waals surface area contributed by atoms with Crippen molar-refractivity contribution in [2.75, 3.05) is 6.61 Å². The molecule has 5 heteroatoms. The van der Waals surface area contributed by atoms with Gasteiger partial charge in [0, 0.05) is 19.4 Å². The summed E-state index contributed by atoms with van der Waals surface area (Å²) in [5, 5.41) is 0.223. The van der Waals surface area contributed by atoms with Crippen LogP contribution in [0.1, 0.15) is 74.1 Å². The molecule has 0 aromatic carbocycles. The molecule has 3 atom stereocenters. The van der Waals surface area contributed by atoms with Gasteiger partial charge in [-0.15, -0.1) is 0 Å². The van der Waals surface area contributed by atoms with Gasteiger partial charge in [0.2, 0.25) is 0 Å². The average molecular weight is 371 g/mol. The van der Waals surface area contributed by atoms with Crippen LogP contribution < -0.4 is 0 Å². The van der Waals surface area contributed by atoms with Gasteiger partial charge in [0.1, 0.15) is 5.60 Å². The zero-order chi connectivity index (χ0) is 19.3. The summed E-state index contributed by atoms with van der Waals surface area (Å²) in [7, 11) is -1.78. The SMILES string of the molecule is CC(=O)OCCC[C@]12O[C@@]1(C)C[C@H](O[Si](C)(C)C(C)(C)C)CC2(C)C. The van der Waals surface area contributed by atoms with Crippen LogP contribution in [-0.2, 0) is 18.7 Å². The second-order valence-electron chi connectivity index (χ2n) is 10.4. The van der Waals surface area contributed by atoms with Gasteiger partial charge in [0.15, 0.2) is 8.32 Å². The van der Waals surface area contributed by atoms with Crippen LogP contribution in [0.15, 0.2) is 0 Å². The summed E-state index contributed by atoms with van der Waals surface area (Å²) in [4.78, 5) is 11.0. The second kappa shape index (κ2) is 6.34. The maximum absolute atomic E-state index is 11.0. The number of hydrogen-bond acceptors (Lipinski definition) is 4. The first-order valence-electron chi connectivity index (χ1n) is 9.67. The lowest BCUT2D eigenvalue weighted by atomic mass is 9.61. The first-order chi connectivity index (χ1) is 11.2. The summed E-state index contributed by atoms with van der Waals surface area (Å²) >= 11 is 0. The fourth-order valence-electron chi connectivity index (χ4n) is 4.53. The highest BCUT2D eigenvalue weighted by Gasteiger charge is 2.75. The Hall–Kier alpha value is -0.393. The molecule has 0 aromatic heterocycles. The number of ether oxygens (including phenoxy) is 2. The average Bonchev–Trinajstić information content (AvgIpc) is 2.99. The molecule has 1 saturated heterocycles. The lowest BCUT2D eigenvalue weighted by Gasteiger charge is -2.46. The summed E-state index contributed by atoms with van der Waals surface area (Å²) in [6, 6.07) is 0. The van der Waals surface area contributed by atoms with Crippen LogP contribution in [0.25, 0.3) is 0 Å². The minimum atomic E-state index is -1.78. The molecule has 0 N–H and O–H groups in total. The van der Waals surface area contributed by atoms with Crippen LogP contribution in [-0.4, -0.2) is 38.2 Å². The summed E-state index contributed by atoms with van der Waals surface area (Å²) in [5.41, 5.74) is -0.158. The molecule has 0 spiro atoms. The summed E-state index contributed by atoms with van der Waals surface area (Å²) < 4.78 is 18.2. The predicted molar refractivity (Wildman–Crippen MR) is 103 cm³/mol. The van der Waals surface area contributed by atoms with Crippen molar-refractivity contribution in [1.82, 2.24) is 0 Å². The molecule has 0 radical (unpaired) electrons. The van der Waals surface area contributed by atoms with Crippen molar-refractivity contribution in [1.29, 1.82) is 0 Å². The molecule has 1 heterocycles. The fourth-order valence-corrected chi connectivity index (χ4v) is 5.88. The highest BCUT2D eigenvalue weighted by molar-refractivity contribution is 6.74. The van der Waals surface area contributed by atoms with E-state index in [2.05, 4.69) is 54.6 Å². The van der Waals surface area contributed by atoms with Gasteiger partial charge in [-0.1, -0.05) is 34.6 Å². The third kappa shape index (κ3) is 3.84. The number of hydrogen-bond donors (Lipinski definition) is 0. The van der Waals surface area contributed by atoms with E-state index in [0.717, 1.165) is 25.7 Å². The fraction of sp³-hybridized carbons (Fsp3) is 0.950. The maximum atomic E-state index is 11.0. The highest BCUT2D eigenvalue weighted by Crippen LogP contribution is 2.67. The summed E-state index contributed by atoms with van der Waals surface area (Å²) in [6.07, 6.45) is 4.06. The predicted octanol–water partition coefficient (Wildman–Crippen LogP) is 5.07. The van der Waals surface area contributed by atoms with Crippen LogP contribution in [0, 0.1) is 5.41 Å². The van der Waals surface area contributed by atoms with Crippen LogP contribution in [0.2, 0.25) is 18.1 Å². The van der Waals surface area contributed by atoms with Crippen molar-refractivity contribution in [3.8, 4) is 0 Å². The monoisotopic (exact) mass is 370 g/mol. The largest absolute Gasteiger partial charge is 0.466 e. The van der Waals surface area contributed by atoms with Gasteiger partial charge in [-0.2, -0.15) is 0 Å². The summed E-state index contributed by atoms with van der Waals surface area (Å²) in [6.45, 7) is 20.3. The van der Waals surface area contributed by atoms with E-state index in [9.17, 15) is 4.79 Å². The van der Waals surface area contributed by atoms with Gasteiger partial charge in [-0.25, -0.2) is 0 Å². The van der Waals surface area contributed by atoms with Crippen LogP contribution in [0.3, 0.4) is 0 Å². The Balaban J connectivity index is 2.04. The Labute approximate surface area is 155 Å². The number of carbonyl (C=O) groups excluding carboxylic acids is 1. The molecule has 4 nitrogen and oxygen atoms in total. The third-order valence-corrected chi connectivity index (χ3v) is 11.4. The molecule has 25 heavy (non-hydrogen) atoms. The quantitative estimate of drug-likeness (QED) is 0.283. The zero-order valence-electron chi connectivity index (χ0n) is 17.7. The van der Waals surface area contributed by atoms with E-state index in [1.54, 1.807) is 0 Å². The second-order valence-corrected chi connectivity index (χ2v) is 15.2. The normalized spacial score (nSPS) is 34.4. The topological polar surface area (TPSA) is 48.1 Å². The highest BCUT2D eigenvalue weighted by atomic mass is 28.4. The Morgan fingerprint density at radius 1 is 1.20 bits per heavy atom. The Kier molecular flexibility index (Phi) is 5.31. The first-order valence-corrected chi connectivity index (χ1v) is 12.6. The van der Waals surface area contributed by atoms with Gasteiger partial charge >= 0.3 is 5.97 Å². The molecule has 0 amide bonds. The molecule has 0 aromatic rings. The van der Waals surface area contributed by atoms with Crippen molar-refractivity contribution in [2.24, 2.45) is 5.41 Å². The lowest BCUT2D eigenvalue weighted by molar-refractivity contribution is -0.141. The van der Waals surface area contributed by atoms with E-state index >= 15 is 0 Å². The Morgan fingerprint density at radius 3 is 2.28 bits per heavy atom. The van der Waals surface area contributed by atoms with E-state index in [-0.39, 0.29) is 33.7 Å². The van der Waals surface area contributed by atoms with Gasteiger partial charge in [0.25, 0.3) is 0 Å². The van der Waals surface area contributed by atoms with Crippen LogP contribution >= 0.6 is 0 Å². The number of epoxide rings is 1. The van der Waals surface area contributed by atoms with E-state index in [1.807, 2.05) is 0 Å². The third-order valence-electron chi connectivity index (χ3n) is 6.91. The Morgan fingerprint density at radius 2 is 1.80 bits per heavy atom. The number of fused-ring (bicyclic) bond motifs is 1. The van der Waals surface area contributed by atoms with E-state index in [0.29, 0.717) is 6.61 Å². The summed E-state index contributed by atoms with van der Waals surface area (Å²) in [5.74, 6) is -0.206. The number of rotatable bonds is 6. The molecule has 0 bridgehead atoms. The van der Waals surface area contributed by atoms with Gasteiger partial charge < -0.3 is 13.9 Å². The number of carbonyl (C=O) groups is 1. The van der Waals surface area contributed by atoms with Crippen molar-refractivity contribution < 1.29 is 18.7 Å². The minimum absolute atomic E-state index is 0.0588. The lowest BCUT2D eigenvalue weighted by Crippen LogP contribution is -2.52. The van der Waals surface area contributed by atoms with Crippen molar-refractivity contribution in [2.45, 2.75) is 110 Å². The standard InChI is InChI=1S/C20H38O4Si/c1-15(21)22-12-10-11-20-18(5,6)13-16(14-19(20,7)24-20)23-25(8,9)17(2,3)4/h16H,10-14H2,1-9H3/t16-,19+,20-/m1/s1. The zero-order valence-corrected chi connectivity index (χ0v) is 18.7. The molecule has 2 fully saturated rings. The van der Waals surface area contributed by atoms with Gasteiger partial charge in [0.05, 0.1) is 12.2 Å². The molecule has 146 valence electrons. The van der Waals surface area contributed by atoms with Crippen molar-refractivity contribution >= 4 is 14.3 Å². The first kappa shape index (κ1) is 20.9. The Bertz CT molecular complexity index is 522. The molecular formula is C20H38O4Si. The molecular weight excluding hydrogens is 332 g/mol. The number of esters is 1. The molecule has 1 aliphatic heterocycles. The molecule has 2 aliphatic rings. The van der Waals surface area contributed by atoms with E-state index in [4.69, 9.17) is 13.9 Å². The van der Waals surface area contributed by atoms with Gasteiger partial charge in [-0.05, 0) is 49.7 Å². The van der Waals surface area contributed by atoms with Gasteiger partial charge in [-0.3, -0.25) is 4.79 Å². The van der Waals surface area contributed by atoms with E-state index < -0.39 is 8.32 Å².